The number of rotatable bonds is 5. The van der Waals surface area contributed by atoms with Crippen LogP contribution in [0.25, 0.3) is 0 Å². The lowest BCUT2D eigenvalue weighted by atomic mass is 9.99. The Morgan fingerprint density at radius 3 is 2.35 bits per heavy atom. The predicted octanol–water partition coefficient (Wildman–Crippen LogP) is 3.50. The van der Waals surface area contributed by atoms with Crippen molar-refractivity contribution >= 4 is 21.6 Å². The summed E-state index contributed by atoms with van der Waals surface area (Å²) in [4.78, 5) is 12.8. The molecule has 2 aromatic rings. The minimum Gasteiger partial charge on any atom is -0.345 e. The van der Waals surface area contributed by atoms with Crippen molar-refractivity contribution in [3.63, 3.8) is 0 Å². The molecule has 0 heterocycles. The molecule has 140 valence electrons. The maximum absolute atomic E-state index is 12.8. The molecular weight excluding hydrogens is 348 g/mol. The van der Waals surface area contributed by atoms with Gasteiger partial charge in [-0.1, -0.05) is 29.8 Å². The van der Waals surface area contributed by atoms with Gasteiger partial charge in [-0.15, -0.1) is 0 Å². The standard InChI is InChI=1S/C20H26N2O3S/c1-13-10-11-17(14(2)12-13)16(4)21-20(23)18-8-7-9-19(15(18)3)22(5)26(6,24)25/h7-12,16H,1-6H3,(H,21,23)/t16-/m0/s1. The monoisotopic (exact) mass is 374 g/mol. The van der Waals surface area contributed by atoms with Gasteiger partial charge in [-0.2, -0.15) is 0 Å². The second-order valence-corrected chi connectivity index (χ2v) is 8.75. The number of carbonyl (C=O) groups is 1. The van der Waals surface area contributed by atoms with Gasteiger partial charge in [-0.05, 0) is 56.5 Å². The number of carbonyl (C=O) groups excluding carboxylic acids is 1. The molecule has 1 N–H and O–H groups in total. The maximum Gasteiger partial charge on any atom is 0.252 e. The number of nitrogens with zero attached hydrogens (tertiary/aromatic N) is 1. The van der Waals surface area contributed by atoms with Gasteiger partial charge in [0.2, 0.25) is 10.0 Å². The Balaban J connectivity index is 2.30. The first-order valence-corrected chi connectivity index (χ1v) is 10.3. The van der Waals surface area contributed by atoms with Crippen LogP contribution >= 0.6 is 0 Å². The Morgan fingerprint density at radius 1 is 1.12 bits per heavy atom. The smallest absolute Gasteiger partial charge is 0.252 e. The molecule has 0 saturated carbocycles. The molecule has 0 aliphatic carbocycles. The summed E-state index contributed by atoms with van der Waals surface area (Å²) in [7, 11) is -1.91. The highest BCUT2D eigenvalue weighted by Gasteiger charge is 2.20. The molecule has 26 heavy (non-hydrogen) atoms. The minimum absolute atomic E-state index is 0.154. The zero-order valence-corrected chi connectivity index (χ0v) is 16.9. The number of hydrogen-bond donors (Lipinski definition) is 1. The van der Waals surface area contributed by atoms with Gasteiger partial charge >= 0.3 is 0 Å². The Kier molecular flexibility index (Phi) is 5.76. The third-order valence-electron chi connectivity index (χ3n) is 4.63. The molecule has 1 amide bonds. The molecule has 0 spiro atoms. The topological polar surface area (TPSA) is 66.5 Å². The van der Waals surface area contributed by atoms with Gasteiger partial charge in [0.15, 0.2) is 0 Å². The van der Waals surface area contributed by atoms with E-state index in [1.165, 1.54) is 16.9 Å². The third-order valence-corrected chi connectivity index (χ3v) is 5.82. The van der Waals surface area contributed by atoms with E-state index in [2.05, 4.69) is 11.4 Å². The van der Waals surface area contributed by atoms with Crippen LogP contribution in [-0.4, -0.2) is 27.6 Å². The van der Waals surface area contributed by atoms with Crippen molar-refractivity contribution in [2.75, 3.05) is 17.6 Å². The second-order valence-electron chi connectivity index (χ2n) is 6.74. The van der Waals surface area contributed by atoms with Crippen LogP contribution in [0.15, 0.2) is 36.4 Å². The summed E-state index contributed by atoms with van der Waals surface area (Å²) in [5.41, 5.74) is 4.96. The Morgan fingerprint density at radius 2 is 1.77 bits per heavy atom. The quantitative estimate of drug-likeness (QED) is 0.871. The van der Waals surface area contributed by atoms with Crippen LogP contribution in [0, 0.1) is 20.8 Å². The molecule has 0 aliphatic rings. The number of anilines is 1. The predicted molar refractivity (Wildman–Crippen MR) is 106 cm³/mol. The zero-order valence-electron chi connectivity index (χ0n) is 16.1. The molecule has 2 rings (SSSR count). The first-order valence-electron chi connectivity index (χ1n) is 8.44. The molecule has 0 aromatic heterocycles. The van der Waals surface area contributed by atoms with Gasteiger partial charge in [-0.3, -0.25) is 9.10 Å². The van der Waals surface area contributed by atoms with E-state index in [4.69, 9.17) is 0 Å². The van der Waals surface area contributed by atoms with E-state index in [9.17, 15) is 13.2 Å². The van der Waals surface area contributed by atoms with Crippen molar-refractivity contribution in [3.05, 3.63) is 64.2 Å². The normalized spacial score (nSPS) is 12.5. The summed E-state index contributed by atoms with van der Waals surface area (Å²) in [6, 6.07) is 11.1. The largest absolute Gasteiger partial charge is 0.345 e. The number of aryl methyl sites for hydroxylation is 2. The van der Waals surface area contributed by atoms with Crippen LogP contribution in [0.5, 0.6) is 0 Å². The van der Waals surface area contributed by atoms with Crippen molar-refractivity contribution in [2.24, 2.45) is 0 Å². The van der Waals surface area contributed by atoms with Gasteiger partial charge in [0.1, 0.15) is 0 Å². The highest BCUT2D eigenvalue weighted by Crippen LogP contribution is 2.25. The number of sulfonamides is 1. The maximum atomic E-state index is 12.8. The summed E-state index contributed by atoms with van der Waals surface area (Å²) in [5, 5.41) is 3.01. The average Bonchev–Trinajstić information content (AvgIpc) is 2.53. The summed E-state index contributed by atoms with van der Waals surface area (Å²) < 4.78 is 24.8. The fraction of sp³-hybridized carbons (Fsp3) is 0.350. The number of amides is 1. The van der Waals surface area contributed by atoms with Gasteiger partial charge in [0.05, 0.1) is 18.0 Å². The van der Waals surface area contributed by atoms with Crippen LogP contribution in [0.2, 0.25) is 0 Å². The van der Waals surface area contributed by atoms with Gasteiger partial charge in [0, 0.05) is 12.6 Å². The van der Waals surface area contributed by atoms with Crippen molar-refractivity contribution in [3.8, 4) is 0 Å². The third kappa shape index (κ3) is 4.25. The fourth-order valence-corrected chi connectivity index (χ4v) is 3.61. The number of benzene rings is 2. The lowest BCUT2D eigenvalue weighted by molar-refractivity contribution is 0.0939. The van der Waals surface area contributed by atoms with Crippen LogP contribution in [0.4, 0.5) is 5.69 Å². The fourth-order valence-electron chi connectivity index (χ4n) is 3.05. The first-order chi connectivity index (χ1) is 12.0. The van der Waals surface area contributed by atoms with E-state index in [-0.39, 0.29) is 11.9 Å². The van der Waals surface area contributed by atoms with E-state index >= 15 is 0 Å². The van der Waals surface area contributed by atoms with E-state index in [0.29, 0.717) is 16.8 Å². The summed E-state index contributed by atoms with van der Waals surface area (Å²) in [6.45, 7) is 7.76. The number of hydrogen-bond acceptors (Lipinski definition) is 3. The van der Waals surface area contributed by atoms with Crippen molar-refractivity contribution in [1.29, 1.82) is 0 Å². The van der Waals surface area contributed by atoms with E-state index in [1.54, 1.807) is 25.1 Å². The molecule has 2 aromatic carbocycles. The highest BCUT2D eigenvalue weighted by atomic mass is 32.2. The van der Waals surface area contributed by atoms with E-state index in [1.807, 2.05) is 32.9 Å². The molecule has 0 saturated heterocycles. The highest BCUT2D eigenvalue weighted by molar-refractivity contribution is 7.92. The first kappa shape index (κ1) is 20.0. The molecule has 1 atom stereocenters. The van der Waals surface area contributed by atoms with Gasteiger partial charge in [0.25, 0.3) is 5.91 Å². The SMILES string of the molecule is Cc1ccc([C@H](C)NC(=O)c2cccc(N(C)S(C)(=O)=O)c2C)c(C)c1. The molecule has 0 unspecified atom stereocenters. The average molecular weight is 375 g/mol. The molecule has 6 heteroatoms. The Hall–Kier alpha value is -2.34. The molecule has 0 radical (unpaired) electrons. The van der Waals surface area contributed by atoms with Gasteiger partial charge < -0.3 is 5.32 Å². The van der Waals surface area contributed by atoms with E-state index < -0.39 is 10.0 Å². The molecule has 0 aliphatic heterocycles. The van der Waals surface area contributed by atoms with Gasteiger partial charge in [-0.25, -0.2) is 8.42 Å². The lowest BCUT2D eigenvalue weighted by Crippen LogP contribution is -2.29. The molecule has 0 fully saturated rings. The van der Waals surface area contributed by atoms with Crippen molar-refractivity contribution in [1.82, 2.24) is 5.32 Å². The zero-order chi connectivity index (χ0) is 19.6. The Bertz CT molecular complexity index is 936. The summed E-state index contributed by atoms with van der Waals surface area (Å²) in [5.74, 6) is -0.223. The molecule has 0 bridgehead atoms. The van der Waals surface area contributed by atoms with Crippen LogP contribution < -0.4 is 9.62 Å². The van der Waals surface area contributed by atoms with E-state index in [0.717, 1.165) is 17.4 Å². The summed E-state index contributed by atoms with van der Waals surface area (Å²) in [6.07, 6.45) is 1.14. The van der Waals surface area contributed by atoms with Crippen LogP contribution in [0.1, 0.15) is 45.6 Å². The van der Waals surface area contributed by atoms with Crippen molar-refractivity contribution < 1.29 is 13.2 Å². The van der Waals surface area contributed by atoms with Crippen LogP contribution in [-0.2, 0) is 10.0 Å². The van der Waals surface area contributed by atoms with Crippen molar-refractivity contribution in [2.45, 2.75) is 33.7 Å². The van der Waals surface area contributed by atoms with Crippen LogP contribution in [0.3, 0.4) is 0 Å². The lowest BCUT2D eigenvalue weighted by Gasteiger charge is -2.22. The minimum atomic E-state index is -3.39. The molecule has 5 nitrogen and oxygen atoms in total. The summed E-state index contributed by atoms with van der Waals surface area (Å²) >= 11 is 0. The molecular formula is C20H26N2O3S. The second kappa shape index (κ2) is 7.50. The Labute approximate surface area is 156 Å². The number of nitrogens with one attached hydrogen (secondary N) is 1.